The first-order valence-electron chi connectivity index (χ1n) is 7.52. The van der Waals surface area contributed by atoms with Gasteiger partial charge in [-0.3, -0.25) is 4.79 Å². The summed E-state index contributed by atoms with van der Waals surface area (Å²) in [4.78, 5) is 16.4. The fraction of sp³-hybridized carbons (Fsp3) is 0.562. The first-order valence-corrected chi connectivity index (χ1v) is 8.88. The maximum absolute atomic E-state index is 12.1. The number of nitrogens with zero attached hydrogens (tertiary/aromatic N) is 2. The molecule has 0 aromatic carbocycles. The van der Waals surface area contributed by atoms with Gasteiger partial charge in [0, 0.05) is 6.04 Å². The number of pyridine rings is 1. The second kappa shape index (κ2) is 7.85. The highest BCUT2D eigenvalue weighted by Crippen LogP contribution is 2.29. The van der Waals surface area contributed by atoms with Gasteiger partial charge in [-0.2, -0.15) is 5.26 Å². The Morgan fingerprint density at radius 1 is 1.41 bits per heavy atom. The molecule has 0 aliphatic heterocycles. The normalized spacial score (nSPS) is 15.4. The molecule has 1 fully saturated rings. The van der Waals surface area contributed by atoms with Gasteiger partial charge >= 0.3 is 0 Å². The van der Waals surface area contributed by atoms with Gasteiger partial charge in [-0.25, -0.2) is 4.98 Å². The van der Waals surface area contributed by atoms with Crippen LogP contribution in [0.1, 0.15) is 48.9 Å². The number of hydrogen-bond acceptors (Lipinski definition) is 4. The van der Waals surface area contributed by atoms with E-state index in [4.69, 9.17) is 11.6 Å². The molecule has 1 N–H and O–H groups in total. The summed E-state index contributed by atoms with van der Waals surface area (Å²) < 4.78 is 0. The summed E-state index contributed by atoms with van der Waals surface area (Å²) >= 11 is 7.42. The number of carbonyl (C=O) groups excluding carboxylic acids is 1. The van der Waals surface area contributed by atoms with Gasteiger partial charge in [0.15, 0.2) is 0 Å². The highest BCUT2D eigenvalue weighted by atomic mass is 35.5. The van der Waals surface area contributed by atoms with E-state index < -0.39 is 0 Å². The Kier molecular flexibility index (Phi) is 6.10. The third-order valence-corrected chi connectivity index (χ3v) is 5.46. The van der Waals surface area contributed by atoms with Gasteiger partial charge < -0.3 is 5.32 Å². The van der Waals surface area contributed by atoms with Crippen molar-refractivity contribution in [1.29, 1.82) is 5.26 Å². The van der Waals surface area contributed by atoms with Crippen LogP contribution in [-0.4, -0.2) is 22.7 Å². The van der Waals surface area contributed by atoms with Crippen molar-refractivity contribution < 1.29 is 4.79 Å². The molecule has 6 heteroatoms. The lowest BCUT2D eigenvalue weighted by atomic mass is 9.95. The molecule has 4 nitrogen and oxygen atoms in total. The van der Waals surface area contributed by atoms with Crippen LogP contribution in [0.4, 0.5) is 0 Å². The van der Waals surface area contributed by atoms with Gasteiger partial charge in [0.2, 0.25) is 5.91 Å². The Hall–Kier alpha value is -1.25. The van der Waals surface area contributed by atoms with Gasteiger partial charge in [0.1, 0.15) is 11.1 Å². The van der Waals surface area contributed by atoms with Crippen molar-refractivity contribution in [1.82, 2.24) is 10.3 Å². The Morgan fingerprint density at radius 3 is 2.73 bits per heavy atom. The summed E-state index contributed by atoms with van der Waals surface area (Å²) in [6, 6.07) is 2.44. The SMILES string of the molecule is Cc1nc(SCC(=O)NC2CCCCC2)c(C#N)c(C)c1Cl. The van der Waals surface area contributed by atoms with Crippen LogP contribution in [0, 0.1) is 25.2 Å². The molecule has 0 saturated heterocycles. The predicted octanol–water partition coefficient (Wildman–Crippen LogP) is 3.76. The number of aryl methyl sites for hydroxylation is 1. The Morgan fingerprint density at radius 2 is 2.09 bits per heavy atom. The van der Waals surface area contributed by atoms with E-state index in [2.05, 4.69) is 16.4 Å². The van der Waals surface area contributed by atoms with Crippen LogP contribution in [0.15, 0.2) is 5.03 Å². The third-order valence-electron chi connectivity index (χ3n) is 3.93. The lowest BCUT2D eigenvalue weighted by Crippen LogP contribution is -2.37. The monoisotopic (exact) mass is 337 g/mol. The molecule has 1 heterocycles. The summed E-state index contributed by atoms with van der Waals surface area (Å²) in [7, 11) is 0. The van der Waals surface area contributed by atoms with E-state index >= 15 is 0 Å². The van der Waals surface area contributed by atoms with Gasteiger partial charge in [-0.15, -0.1) is 0 Å². The zero-order chi connectivity index (χ0) is 16.1. The van der Waals surface area contributed by atoms with Gasteiger partial charge in [0.05, 0.1) is 22.0 Å². The number of nitrogens with one attached hydrogen (secondary N) is 1. The third kappa shape index (κ3) is 4.15. The lowest BCUT2D eigenvalue weighted by Gasteiger charge is -2.22. The molecule has 1 saturated carbocycles. The van der Waals surface area contributed by atoms with E-state index in [1.165, 1.54) is 31.0 Å². The summed E-state index contributed by atoms with van der Waals surface area (Å²) in [6.45, 7) is 3.62. The predicted molar refractivity (Wildman–Crippen MR) is 89.2 cm³/mol. The molecule has 0 bridgehead atoms. The minimum Gasteiger partial charge on any atom is -0.353 e. The van der Waals surface area contributed by atoms with Gasteiger partial charge in [0.25, 0.3) is 0 Å². The van der Waals surface area contributed by atoms with Gasteiger partial charge in [-0.05, 0) is 32.3 Å². The number of carbonyl (C=O) groups is 1. The van der Waals surface area contributed by atoms with Crippen molar-refractivity contribution in [2.45, 2.75) is 57.0 Å². The van der Waals surface area contributed by atoms with Gasteiger partial charge in [-0.1, -0.05) is 42.6 Å². The van der Waals surface area contributed by atoms with E-state index in [1.807, 2.05) is 13.8 Å². The Bertz CT molecular complexity index is 606. The molecule has 1 aromatic rings. The molecule has 1 aliphatic rings. The summed E-state index contributed by atoms with van der Waals surface area (Å²) in [5, 5.41) is 13.5. The average molecular weight is 338 g/mol. The van der Waals surface area contributed by atoms with Crippen LogP contribution in [0.25, 0.3) is 0 Å². The Labute approximate surface area is 140 Å². The molecule has 1 aromatic heterocycles. The van der Waals surface area contributed by atoms with E-state index in [9.17, 15) is 10.1 Å². The maximum Gasteiger partial charge on any atom is 0.230 e. The quantitative estimate of drug-likeness (QED) is 0.849. The highest BCUT2D eigenvalue weighted by Gasteiger charge is 2.18. The van der Waals surface area contributed by atoms with Crippen LogP contribution >= 0.6 is 23.4 Å². The van der Waals surface area contributed by atoms with Crippen LogP contribution in [0.5, 0.6) is 0 Å². The van der Waals surface area contributed by atoms with Crippen molar-refractivity contribution in [3.8, 4) is 6.07 Å². The largest absolute Gasteiger partial charge is 0.353 e. The number of hydrogen-bond donors (Lipinski definition) is 1. The molecule has 118 valence electrons. The van der Waals surface area contributed by atoms with Crippen LogP contribution in [0.3, 0.4) is 0 Å². The van der Waals surface area contributed by atoms with E-state index in [-0.39, 0.29) is 11.7 Å². The van der Waals surface area contributed by atoms with E-state index in [0.29, 0.717) is 27.3 Å². The topological polar surface area (TPSA) is 65.8 Å². The zero-order valence-corrected chi connectivity index (χ0v) is 14.5. The zero-order valence-electron chi connectivity index (χ0n) is 12.9. The van der Waals surface area contributed by atoms with Crippen LogP contribution in [-0.2, 0) is 4.79 Å². The molecule has 2 rings (SSSR count). The number of aromatic nitrogens is 1. The molecule has 1 aliphatic carbocycles. The fourth-order valence-electron chi connectivity index (χ4n) is 2.69. The maximum atomic E-state index is 12.1. The number of halogens is 1. The van der Waals surface area contributed by atoms with E-state index in [1.54, 1.807) is 0 Å². The number of nitriles is 1. The lowest BCUT2D eigenvalue weighted by molar-refractivity contribution is -0.119. The summed E-state index contributed by atoms with van der Waals surface area (Å²) in [5.41, 5.74) is 1.88. The molecule has 0 spiro atoms. The molecule has 0 atom stereocenters. The average Bonchev–Trinajstić information content (AvgIpc) is 2.52. The van der Waals surface area contributed by atoms with Crippen LogP contribution in [0.2, 0.25) is 5.02 Å². The molecular formula is C16H20ClN3OS. The highest BCUT2D eigenvalue weighted by molar-refractivity contribution is 8.00. The van der Waals surface area contributed by atoms with Crippen molar-refractivity contribution in [2.75, 3.05) is 5.75 Å². The minimum atomic E-state index is 0.00726. The van der Waals surface area contributed by atoms with Crippen molar-refractivity contribution in [3.63, 3.8) is 0 Å². The second-order valence-corrected chi connectivity index (χ2v) is 6.96. The molecule has 1 amide bonds. The summed E-state index contributed by atoms with van der Waals surface area (Å²) in [6.07, 6.45) is 5.77. The van der Waals surface area contributed by atoms with Crippen molar-refractivity contribution >= 4 is 29.3 Å². The number of amides is 1. The minimum absolute atomic E-state index is 0.00726. The smallest absolute Gasteiger partial charge is 0.230 e. The second-order valence-electron chi connectivity index (χ2n) is 5.62. The fourth-order valence-corrected chi connectivity index (χ4v) is 3.72. The molecular weight excluding hydrogens is 318 g/mol. The van der Waals surface area contributed by atoms with Crippen LogP contribution < -0.4 is 5.32 Å². The molecule has 0 unspecified atom stereocenters. The Balaban J connectivity index is 1.99. The molecule has 22 heavy (non-hydrogen) atoms. The molecule has 0 radical (unpaired) electrons. The number of thioether (sulfide) groups is 1. The first kappa shape index (κ1) is 17.1. The standard InChI is InChI=1S/C16H20ClN3OS/c1-10-13(8-18)16(19-11(2)15(10)17)22-9-14(21)20-12-6-4-3-5-7-12/h12H,3-7,9H2,1-2H3,(H,20,21). The van der Waals surface area contributed by atoms with Crippen molar-refractivity contribution in [2.24, 2.45) is 0 Å². The first-order chi connectivity index (χ1) is 10.5. The number of rotatable bonds is 4. The summed E-state index contributed by atoms with van der Waals surface area (Å²) in [5.74, 6) is 0.284. The van der Waals surface area contributed by atoms with Crippen molar-refractivity contribution in [3.05, 3.63) is 21.8 Å². The van der Waals surface area contributed by atoms with E-state index in [0.717, 1.165) is 18.4 Å².